The Bertz CT molecular complexity index is 607. The lowest BCUT2D eigenvalue weighted by Crippen LogP contribution is -2.18. The Kier molecular flexibility index (Phi) is 4.11. The monoisotopic (exact) mass is 283 g/mol. The Morgan fingerprint density at radius 1 is 1.19 bits per heavy atom. The van der Waals surface area contributed by atoms with E-state index in [0.717, 1.165) is 30.7 Å². The van der Waals surface area contributed by atoms with E-state index < -0.39 is 0 Å². The Hall–Kier alpha value is -2.00. The lowest BCUT2D eigenvalue weighted by atomic mass is 10.1. The summed E-state index contributed by atoms with van der Waals surface area (Å²) >= 11 is 0. The van der Waals surface area contributed by atoms with Crippen LogP contribution in [0.3, 0.4) is 0 Å². The summed E-state index contributed by atoms with van der Waals surface area (Å²) in [5.74, 6) is 1.27. The number of aromatic hydroxyl groups is 1. The van der Waals surface area contributed by atoms with Crippen LogP contribution in [0.15, 0.2) is 42.5 Å². The molecule has 21 heavy (non-hydrogen) atoms. The zero-order valence-corrected chi connectivity index (χ0v) is 12.3. The largest absolute Gasteiger partial charge is 0.508 e. The summed E-state index contributed by atoms with van der Waals surface area (Å²) in [7, 11) is 0. The third-order valence-corrected chi connectivity index (χ3v) is 4.01. The van der Waals surface area contributed by atoms with Gasteiger partial charge in [0.25, 0.3) is 0 Å². The molecule has 3 nitrogen and oxygen atoms in total. The molecule has 0 heterocycles. The third kappa shape index (κ3) is 3.03. The minimum Gasteiger partial charge on any atom is -0.508 e. The molecule has 0 saturated heterocycles. The average Bonchev–Trinajstić information content (AvgIpc) is 2.91. The quantitative estimate of drug-likeness (QED) is 0.881. The van der Waals surface area contributed by atoms with Gasteiger partial charge in [0.2, 0.25) is 0 Å². The lowest BCUT2D eigenvalue weighted by Gasteiger charge is -2.14. The highest BCUT2D eigenvalue weighted by molar-refractivity contribution is 5.45. The van der Waals surface area contributed by atoms with Crippen LogP contribution >= 0.6 is 0 Å². The van der Waals surface area contributed by atoms with Crippen molar-refractivity contribution in [2.24, 2.45) is 0 Å². The normalized spacial score (nSPS) is 16.7. The van der Waals surface area contributed by atoms with Crippen molar-refractivity contribution in [1.82, 2.24) is 5.32 Å². The van der Waals surface area contributed by atoms with Crippen molar-refractivity contribution in [2.45, 2.75) is 32.4 Å². The van der Waals surface area contributed by atoms with Crippen LogP contribution in [-0.4, -0.2) is 11.7 Å². The van der Waals surface area contributed by atoms with Gasteiger partial charge in [-0.2, -0.15) is 0 Å². The van der Waals surface area contributed by atoms with E-state index in [-0.39, 0.29) is 5.75 Å². The molecule has 1 atom stereocenters. The van der Waals surface area contributed by atoms with Crippen LogP contribution in [0, 0.1) is 0 Å². The van der Waals surface area contributed by atoms with Crippen LogP contribution in [0.25, 0.3) is 0 Å². The number of ether oxygens (including phenoxy) is 1. The van der Waals surface area contributed by atoms with Crippen molar-refractivity contribution in [3.63, 3.8) is 0 Å². The summed E-state index contributed by atoms with van der Waals surface area (Å²) < 4.78 is 5.99. The van der Waals surface area contributed by atoms with E-state index in [1.54, 1.807) is 12.1 Å². The second-order valence-electron chi connectivity index (χ2n) is 5.43. The number of fused-ring (bicyclic) bond motifs is 1. The molecule has 0 radical (unpaired) electrons. The molecule has 2 aromatic carbocycles. The van der Waals surface area contributed by atoms with Crippen molar-refractivity contribution >= 4 is 0 Å². The number of nitrogens with one attached hydrogen (secondary N) is 1. The van der Waals surface area contributed by atoms with Crippen molar-refractivity contribution in [1.29, 1.82) is 0 Å². The summed E-state index contributed by atoms with van der Waals surface area (Å²) in [6, 6.07) is 13.9. The predicted octanol–water partition coefficient (Wildman–Crippen LogP) is 3.57. The number of rotatable bonds is 5. The maximum Gasteiger partial charge on any atom is 0.123 e. The maximum atomic E-state index is 9.30. The maximum absolute atomic E-state index is 9.30. The first-order chi connectivity index (χ1) is 10.3. The Morgan fingerprint density at radius 2 is 2.00 bits per heavy atom. The molecule has 0 saturated carbocycles. The van der Waals surface area contributed by atoms with Gasteiger partial charge in [-0.25, -0.2) is 0 Å². The first-order valence-corrected chi connectivity index (χ1v) is 7.54. The minimum atomic E-state index is 0.285. The summed E-state index contributed by atoms with van der Waals surface area (Å²) in [5.41, 5.74) is 3.77. The molecular formula is C18H21NO2. The van der Waals surface area contributed by atoms with Crippen LogP contribution in [0.4, 0.5) is 0 Å². The van der Waals surface area contributed by atoms with Crippen molar-refractivity contribution in [3.8, 4) is 11.5 Å². The molecule has 0 aliphatic heterocycles. The second kappa shape index (κ2) is 6.19. The molecule has 1 aliphatic rings. The van der Waals surface area contributed by atoms with Crippen LogP contribution in [0.5, 0.6) is 11.5 Å². The zero-order valence-electron chi connectivity index (χ0n) is 12.3. The van der Waals surface area contributed by atoms with Gasteiger partial charge in [-0.3, -0.25) is 0 Å². The molecule has 0 spiro atoms. The molecule has 2 aromatic rings. The fourth-order valence-corrected chi connectivity index (χ4v) is 2.97. The van der Waals surface area contributed by atoms with Crippen LogP contribution in [-0.2, 0) is 13.0 Å². The summed E-state index contributed by atoms with van der Waals surface area (Å²) in [5, 5.41) is 12.8. The highest BCUT2D eigenvalue weighted by atomic mass is 16.5. The van der Waals surface area contributed by atoms with E-state index in [2.05, 4.69) is 24.4 Å². The first-order valence-electron chi connectivity index (χ1n) is 7.54. The predicted molar refractivity (Wildman–Crippen MR) is 83.6 cm³/mol. The Balaban J connectivity index is 1.73. The third-order valence-electron chi connectivity index (χ3n) is 4.01. The van der Waals surface area contributed by atoms with Crippen molar-refractivity contribution in [2.75, 3.05) is 6.54 Å². The van der Waals surface area contributed by atoms with E-state index >= 15 is 0 Å². The summed E-state index contributed by atoms with van der Waals surface area (Å²) in [6.07, 6.45) is 2.21. The zero-order chi connectivity index (χ0) is 14.7. The number of hydrogen-bond donors (Lipinski definition) is 2. The molecule has 0 fully saturated rings. The standard InChI is InChI=1S/C18H21NO2/c1-2-19-17-11-10-16-15(17)4-3-5-18(16)21-12-13-6-8-14(20)9-7-13/h3-9,17,19-20H,2,10-12H2,1H3. The van der Waals surface area contributed by atoms with E-state index in [9.17, 15) is 5.11 Å². The molecule has 110 valence electrons. The minimum absolute atomic E-state index is 0.285. The molecule has 3 rings (SSSR count). The van der Waals surface area contributed by atoms with Gasteiger partial charge in [0.15, 0.2) is 0 Å². The first kappa shape index (κ1) is 14.0. The van der Waals surface area contributed by atoms with Gasteiger partial charge in [0.05, 0.1) is 0 Å². The van der Waals surface area contributed by atoms with Crippen molar-refractivity contribution in [3.05, 3.63) is 59.2 Å². The Morgan fingerprint density at radius 3 is 2.76 bits per heavy atom. The topological polar surface area (TPSA) is 41.5 Å². The van der Waals surface area contributed by atoms with Crippen molar-refractivity contribution < 1.29 is 9.84 Å². The van der Waals surface area contributed by atoms with Crippen LogP contribution < -0.4 is 10.1 Å². The van der Waals surface area contributed by atoms with Gasteiger partial charge < -0.3 is 15.2 Å². The second-order valence-corrected chi connectivity index (χ2v) is 5.43. The fourth-order valence-electron chi connectivity index (χ4n) is 2.97. The van der Waals surface area contributed by atoms with E-state index in [1.807, 2.05) is 18.2 Å². The summed E-state index contributed by atoms with van der Waals surface area (Å²) in [6.45, 7) is 3.66. The molecular weight excluding hydrogens is 262 g/mol. The molecule has 0 bridgehead atoms. The Labute approximate surface area is 125 Å². The number of hydrogen-bond acceptors (Lipinski definition) is 3. The smallest absolute Gasteiger partial charge is 0.123 e. The molecule has 2 N–H and O–H groups in total. The van der Waals surface area contributed by atoms with E-state index in [1.165, 1.54) is 11.1 Å². The van der Waals surface area contributed by atoms with E-state index in [0.29, 0.717) is 12.6 Å². The average molecular weight is 283 g/mol. The van der Waals surface area contributed by atoms with Gasteiger partial charge >= 0.3 is 0 Å². The molecule has 1 aliphatic carbocycles. The molecule has 0 aromatic heterocycles. The molecule has 3 heteroatoms. The number of benzene rings is 2. The molecule has 0 amide bonds. The van der Waals surface area contributed by atoms with E-state index in [4.69, 9.17) is 4.74 Å². The summed E-state index contributed by atoms with van der Waals surface area (Å²) in [4.78, 5) is 0. The number of phenolic OH excluding ortho intramolecular Hbond substituents is 1. The van der Waals surface area contributed by atoms with Gasteiger partial charge in [0, 0.05) is 6.04 Å². The fraction of sp³-hybridized carbons (Fsp3) is 0.333. The van der Waals surface area contributed by atoms with Gasteiger partial charge in [-0.1, -0.05) is 31.2 Å². The highest BCUT2D eigenvalue weighted by Crippen LogP contribution is 2.37. The number of phenols is 1. The van der Waals surface area contributed by atoms with Gasteiger partial charge in [-0.05, 0) is 54.3 Å². The SMILES string of the molecule is CCNC1CCc2c(OCc3ccc(O)cc3)cccc21. The van der Waals surface area contributed by atoms with Crippen LogP contribution in [0.2, 0.25) is 0 Å². The van der Waals surface area contributed by atoms with Gasteiger partial charge in [0.1, 0.15) is 18.1 Å². The van der Waals surface area contributed by atoms with Gasteiger partial charge in [-0.15, -0.1) is 0 Å². The van der Waals surface area contributed by atoms with Crippen LogP contribution in [0.1, 0.15) is 36.1 Å². The molecule has 1 unspecified atom stereocenters. The lowest BCUT2D eigenvalue weighted by molar-refractivity contribution is 0.303. The highest BCUT2D eigenvalue weighted by Gasteiger charge is 2.24.